The first-order valence-corrected chi connectivity index (χ1v) is 6.70. The zero-order chi connectivity index (χ0) is 15.1. The van der Waals surface area contributed by atoms with Crippen molar-refractivity contribution in [3.63, 3.8) is 0 Å². The SMILES string of the molecule is COCCCNC(=O)c1cn(-c2ccc(OC)cc2)cn1. The van der Waals surface area contributed by atoms with E-state index in [0.717, 1.165) is 17.9 Å². The molecule has 0 radical (unpaired) electrons. The van der Waals surface area contributed by atoms with Gasteiger partial charge in [0.05, 0.1) is 7.11 Å². The van der Waals surface area contributed by atoms with Crippen molar-refractivity contribution in [3.8, 4) is 11.4 Å². The summed E-state index contributed by atoms with van der Waals surface area (Å²) in [6, 6.07) is 7.53. The van der Waals surface area contributed by atoms with Crippen LogP contribution in [-0.2, 0) is 4.74 Å². The van der Waals surface area contributed by atoms with Gasteiger partial charge < -0.3 is 19.4 Å². The summed E-state index contributed by atoms with van der Waals surface area (Å²) in [4.78, 5) is 16.0. The first-order valence-electron chi connectivity index (χ1n) is 6.70. The van der Waals surface area contributed by atoms with E-state index in [1.165, 1.54) is 0 Å². The van der Waals surface area contributed by atoms with Gasteiger partial charge in [0.15, 0.2) is 0 Å². The predicted octanol–water partition coefficient (Wildman–Crippen LogP) is 1.65. The number of carbonyl (C=O) groups is 1. The number of imidazole rings is 1. The number of nitrogens with one attached hydrogen (secondary N) is 1. The molecule has 0 aliphatic carbocycles. The molecule has 0 aliphatic rings. The Labute approximate surface area is 123 Å². The van der Waals surface area contributed by atoms with E-state index in [2.05, 4.69) is 10.3 Å². The van der Waals surface area contributed by atoms with Crippen molar-refractivity contribution in [2.24, 2.45) is 0 Å². The highest BCUT2D eigenvalue weighted by molar-refractivity contribution is 5.92. The van der Waals surface area contributed by atoms with Gasteiger partial charge in [-0.3, -0.25) is 4.79 Å². The minimum Gasteiger partial charge on any atom is -0.497 e. The van der Waals surface area contributed by atoms with E-state index in [-0.39, 0.29) is 5.91 Å². The Balaban J connectivity index is 1.98. The number of rotatable bonds is 7. The number of hydrogen-bond donors (Lipinski definition) is 1. The molecule has 0 unspecified atom stereocenters. The molecule has 1 heterocycles. The molecule has 0 spiro atoms. The minimum atomic E-state index is -0.182. The van der Waals surface area contributed by atoms with Crippen molar-refractivity contribution in [1.82, 2.24) is 14.9 Å². The first kappa shape index (κ1) is 15.1. The fraction of sp³-hybridized carbons (Fsp3) is 0.333. The number of nitrogens with zero attached hydrogens (tertiary/aromatic N) is 2. The smallest absolute Gasteiger partial charge is 0.271 e. The van der Waals surface area contributed by atoms with Crippen LogP contribution in [-0.4, -0.2) is 42.8 Å². The second-order valence-corrected chi connectivity index (χ2v) is 4.47. The summed E-state index contributed by atoms with van der Waals surface area (Å²) in [6.45, 7) is 1.20. The van der Waals surface area contributed by atoms with Crippen LogP contribution in [0.4, 0.5) is 0 Å². The summed E-state index contributed by atoms with van der Waals surface area (Å²) in [5.74, 6) is 0.605. The Bertz CT molecular complexity index is 578. The van der Waals surface area contributed by atoms with Gasteiger partial charge in [-0.25, -0.2) is 4.98 Å². The van der Waals surface area contributed by atoms with Crippen LogP contribution in [0.3, 0.4) is 0 Å². The number of carbonyl (C=O) groups excluding carboxylic acids is 1. The molecule has 0 atom stereocenters. The van der Waals surface area contributed by atoms with Crippen LogP contribution in [0, 0.1) is 0 Å². The molecule has 112 valence electrons. The highest BCUT2D eigenvalue weighted by Gasteiger charge is 2.09. The topological polar surface area (TPSA) is 65.4 Å². The van der Waals surface area contributed by atoms with E-state index < -0.39 is 0 Å². The molecule has 6 nitrogen and oxygen atoms in total. The van der Waals surface area contributed by atoms with Crippen LogP contribution in [0.2, 0.25) is 0 Å². The van der Waals surface area contributed by atoms with E-state index in [9.17, 15) is 4.79 Å². The van der Waals surface area contributed by atoms with E-state index in [1.807, 2.05) is 24.3 Å². The summed E-state index contributed by atoms with van der Waals surface area (Å²) >= 11 is 0. The number of benzene rings is 1. The monoisotopic (exact) mass is 289 g/mol. The van der Waals surface area contributed by atoms with Gasteiger partial charge in [0.25, 0.3) is 5.91 Å². The molecule has 2 aromatic rings. The molecule has 0 bridgehead atoms. The number of methoxy groups -OCH3 is 2. The Morgan fingerprint density at radius 1 is 1.29 bits per heavy atom. The third kappa shape index (κ3) is 4.06. The number of ether oxygens (including phenoxy) is 2. The fourth-order valence-electron chi connectivity index (χ4n) is 1.84. The van der Waals surface area contributed by atoms with Crippen LogP contribution in [0.1, 0.15) is 16.9 Å². The average molecular weight is 289 g/mol. The van der Waals surface area contributed by atoms with Crippen molar-refractivity contribution in [2.45, 2.75) is 6.42 Å². The van der Waals surface area contributed by atoms with Gasteiger partial charge in [0, 0.05) is 32.1 Å². The number of aromatic nitrogens is 2. The third-order valence-electron chi connectivity index (χ3n) is 3.00. The van der Waals surface area contributed by atoms with Crippen LogP contribution in [0.25, 0.3) is 5.69 Å². The maximum Gasteiger partial charge on any atom is 0.271 e. The summed E-state index contributed by atoms with van der Waals surface area (Å²) in [7, 11) is 3.26. The summed E-state index contributed by atoms with van der Waals surface area (Å²) in [5.41, 5.74) is 1.31. The lowest BCUT2D eigenvalue weighted by molar-refractivity contribution is 0.0944. The third-order valence-corrected chi connectivity index (χ3v) is 3.00. The quantitative estimate of drug-likeness (QED) is 0.787. The van der Waals surface area contributed by atoms with Crippen molar-refractivity contribution in [3.05, 3.63) is 42.5 Å². The molecule has 1 amide bonds. The van der Waals surface area contributed by atoms with E-state index in [1.54, 1.807) is 31.3 Å². The largest absolute Gasteiger partial charge is 0.497 e. The molecule has 1 aromatic carbocycles. The van der Waals surface area contributed by atoms with Crippen molar-refractivity contribution in [1.29, 1.82) is 0 Å². The van der Waals surface area contributed by atoms with Crippen LogP contribution < -0.4 is 10.1 Å². The van der Waals surface area contributed by atoms with E-state index in [0.29, 0.717) is 18.8 Å². The maximum atomic E-state index is 11.9. The second-order valence-electron chi connectivity index (χ2n) is 4.47. The maximum absolute atomic E-state index is 11.9. The van der Waals surface area contributed by atoms with Gasteiger partial charge in [-0.1, -0.05) is 0 Å². The molecule has 21 heavy (non-hydrogen) atoms. The van der Waals surface area contributed by atoms with E-state index in [4.69, 9.17) is 9.47 Å². The lowest BCUT2D eigenvalue weighted by atomic mass is 10.3. The zero-order valence-electron chi connectivity index (χ0n) is 12.2. The summed E-state index contributed by atoms with van der Waals surface area (Å²) in [5, 5.41) is 2.80. The fourth-order valence-corrected chi connectivity index (χ4v) is 1.84. The molecular weight excluding hydrogens is 270 g/mol. The molecule has 1 aromatic heterocycles. The second kappa shape index (κ2) is 7.44. The predicted molar refractivity (Wildman–Crippen MR) is 78.9 cm³/mol. The minimum absolute atomic E-state index is 0.182. The molecule has 0 saturated heterocycles. The first-order chi connectivity index (χ1) is 10.2. The van der Waals surface area contributed by atoms with Crippen LogP contribution >= 0.6 is 0 Å². The average Bonchev–Trinajstić information content (AvgIpc) is 3.01. The molecule has 0 aliphatic heterocycles. The lowest BCUT2D eigenvalue weighted by Gasteiger charge is -2.04. The normalized spacial score (nSPS) is 10.4. The van der Waals surface area contributed by atoms with Gasteiger partial charge in [-0.15, -0.1) is 0 Å². The van der Waals surface area contributed by atoms with Gasteiger partial charge >= 0.3 is 0 Å². The van der Waals surface area contributed by atoms with Gasteiger partial charge in [0.2, 0.25) is 0 Å². The molecular formula is C15H19N3O3. The Morgan fingerprint density at radius 2 is 2.05 bits per heavy atom. The van der Waals surface area contributed by atoms with Crippen LogP contribution in [0.15, 0.2) is 36.8 Å². The Hall–Kier alpha value is -2.34. The van der Waals surface area contributed by atoms with Crippen LogP contribution in [0.5, 0.6) is 5.75 Å². The number of hydrogen-bond acceptors (Lipinski definition) is 4. The molecule has 6 heteroatoms. The number of amides is 1. The lowest BCUT2D eigenvalue weighted by Crippen LogP contribution is -2.25. The zero-order valence-corrected chi connectivity index (χ0v) is 12.2. The molecule has 0 saturated carbocycles. The standard InChI is InChI=1S/C15H19N3O3/c1-20-9-3-8-16-15(19)14-10-18(11-17-14)12-4-6-13(21-2)7-5-12/h4-7,10-11H,3,8-9H2,1-2H3,(H,16,19). The Morgan fingerprint density at radius 3 is 2.71 bits per heavy atom. The highest BCUT2D eigenvalue weighted by atomic mass is 16.5. The van der Waals surface area contributed by atoms with E-state index >= 15 is 0 Å². The van der Waals surface area contributed by atoms with Gasteiger partial charge in [-0.05, 0) is 30.7 Å². The summed E-state index contributed by atoms with van der Waals surface area (Å²) in [6.07, 6.45) is 4.10. The summed E-state index contributed by atoms with van der Waals surface area (Å²) < 4.78 is 11.8. The molecule has 0 fully saturated rings. The van der Waals surface area contributed by atoms with Crippen molar-refractivity contribution in [2.75, 3.05) is 27.4 Å². The van der Waals surface area contributed by atoms with Gasteiger partial charge in [0.1, 0.15) is 17.8 Å². The van der Waals surface area contributed by atoms with Crippen molar-refractivity contribution < 1.29 is 14.3 Å². The molecule has 2 rings (SSSR count). The van der Waals surface area contributed by atoms with Gasteiger partial charge in [-0.2, -0.15) is 0 Å². The Kier molecular flexibility index (Phi) is 5.34. The highest BCUT2D eigenvalue weighted by Crippen LogP contribution is 2.15. The molecule has 1 N–H and O–H groups in total. The van der Waals surface area contributed by atoms with Crippen molar-refractivity contribution >= 4 is 5.91 Å².